The van der Waals surface area contributed by atoms with Gasteiger partial charge in [0.1, 0.15) is 0 Å². The number of hydrogen-bond acceptors (Lipinski definition) is 2. The molecular formula is C6H12BrNO. The van der Waals surface area contributed by atoms with E-state index in [1.54, 1.807) is 6.92 Å². The van der Waals surface area contributed by atoms with Crippen molar-refractivity contribution in [2.45, 2.75) is 31.5 Å². The largest absolute Gasteiger partial charge is 0.411 e. The Bertz CT molecular complexity index is 115. The zero-order chi connectivity index (χ0) is 7.49. The predicted octanol–water partition coefficient (Wildman–Crippen LogP) is 2.40. The fourth-order valence-corrected chi connectivity index (χ4v) is 1.05. The molecule has 0 aliphatic rings. The van der Waals surface area contributed by atoms with E-state index < -0.39 is 0 Å². The van der Waals surface area contributed by atoms with Crippen LogP contribution >= 0.6 is 15.9 Å². The van der Waals surface area contributed by atoms with Crippen LogP contribution in [0.25, 0.3) is 0 Å². The van der Waals surface area contributed by atoms with Gasteiger partial charge in [0.25, 0.3) is 0 Å². The molecule has 0 saturated carbocycles. The standard InChI is InChI=1S/C6H12BrNO/c1-5(8-9)4-6(2,3)7/h9H,4H2,1-3H3/b8-5+. The van der Waals surface area contributed by atoms with Crippen LogP contribution in [0, 0.1) is 0 Å². The second-order valence-corrected chi connectivity index (χ2v) is 4.88. The highest BCUT2D eigenvalue weighted by atomic mass is 79.9. The third-order valence-electron chi connectivity index (χ3n) is 0.847. The second-order valence-electron chi connectivity index (χ2n) is 2.73. The molecule has 54 valence electrons. The lowest BCUT2D eigenvalue weighted by molar-refractivity contribution is 0.316. The van der Waals surface area contributed by atoms with Gasteiger partial charge < -0.3 is 5.21 Å². The normalized spacial score (nSPS) is 14.0. The Balaban J connectivity index is 3.75. The molecule has 0 aromatic heterocycles. The smallest absolute Gasteiger partial charge is 0.0553 e. The zero-order valence-electron chi connectivity index (χ0n) is 5.98. The Hall–Kier alpha value is -0.0500. The molecule has 0 rings (SSSR count). The van der Waals surface area contributed by atoms with Gasteiger partial charge in [0.15, 0.2) is 0 Å². The number of oxime groups is 1. The van der Waals surface area contributed by atoms with Gasteiger partial charge in [-0.3, -0.25) is 0 Å². The lowest BCUT2D eigenvalue weighted by Gasteiger charge is -2.13. The van der Waals surface area contributed by atoms with Crippen LogP contribution in [0.15, 0.2) is 5.16 Å². The van der Waals surface area contributed by atoms with E-state index >= 15 is 0 Å². The third-order valence-corrected chi connectivity index (χ3v) is 1.13. The van der Waals surface area contributed by atoms with Gasteiger partial charge in [-0.15, -0.1) is 0 Å². The second kappa shape index (κ2) is 3.20. The van der Waals surface area contributed by atoms with Crippen molar-refractivity contribution in [2.24, 2.45) is 5.16 Å². The molecule has 1 N–H and O–H groups in total. The Labute approximate surface area is 64.1 Å². The van der Waals surface area contributed by atoms with Crippen molar-refractivity contribution in [2.75, 3.05) is 0 Å². The van der Waals surface area contributed by atoms with Crippen molar-refractivity contribution in [3.05, 3.63) is 0 Å². The highest BCUT2D eigenvalue weighted by Crippen LogP contribution is 2.20. The molecule has 0 aromatic carbocycles. The minimum Gasteiger partial charge on any atom is -0.411 e. The maximum Gasteiger partial charge on any atom is 0.0553 e. The molecule has 0 heterocycles. The first-order valence-corrected chi connectivity index (χ1v) is 3.61. The molecule has 0 saturated heterocycles. The maximum atomic E-state index is 8.27. The summed E-state index contributed by atoms with van der Waals surface area (Å²) in [6, 6.07) is 0. The van der Waals surface area contributed by atoms with Gasteiger partial charge >= 0.3 is 0 Å². The van der Waals surface area contributed by atoms with E-state index in [0.29, 0.717) is 0 Å². The Morgan fingerprint density at radius 1 is 1.67 bits per heavy atom. The van der Waals surface area contributed by atoms with Crippen molar-refractivity contribution >= 4 is 21.6 Å². The fourth-order valence-electron chi connectivity index (χ4n) is 0.644. The summed E-state index contributed by atoms with van der Waals surface area (Å²) in [5.41, 5.74) is 0.747. The SMILES string of the molecule is C/C(CC(C)(C)Br)=N\O. The number of hydrogen-bond donors (Lipinski definition) is 1. The molecule has 2 nitrogen and oxygen atoms in total. The van der Waals surface area contributed by atoms with Gasteiger partial charge in [-0.2, -0.15) is 0 Å². The summed E-state index contributed by atoms with van der Waals surface area (Å²) in [6.45, 7) is 5.85. The van der Waals surface area contributed by atoms with Crippen LogP contribution in [0.2, 0.25) is 0 Å². The molecule has 0 radical (unpaired) electrons. The zero-order valence-corrected chi connectivity index (χ0v) is 7.57. The molecule has 0 aromatic rings. The van der Waals surface area contributed by atoms with E-state index in [2.05, 4.69) is 21.1 Å². The molecular weight excluding hydrogens is 182 g/mol. The van der Waals surface area contributed by atoms with Crippen LogP contribution in [-0.2, 0) is 0 Å². The van der Waals surface area contributed by atoms with Crippen molar-refractivity contribution in [1.29, 1.82) is 0 Å². The van der Waals surface area contributed by atoms with Crippen LogP contribution in [-0.4, -0.2) is 15.2 Å². The lowest BCUT2D eigenvalue weighted by atomic mass is 10.1. The van der Waals surface area contributed by atoms with Gasteiger partial charge in [0, 0.05) is 10.7 Å². The molecule has 0 atom stereocenters. The minimum atomic E-state index is 0.0450. The first kappa shape index (κ1) is 8.95. The molecule has 0 unspecified atom stereocenters. The van der Waals surface area contributed by atoms with E-state index in [-0.39, 0.29) is 4.32 Å². The van der Waals surface area contributed by atoms with Crippen molar-refractivity contribution in [1.82, 2.24) is 0 Å². The number of nitrogens with zero attached hydrogens (tertiary/aromatic N) is 1. The minimum absolute atomic E-state index is 0.0450. The monoisotopic (exact) mass is 193 g/mol. The van der Waals surface area contributed by atoms with Gasteiger partial charge in [0.05, 0.1) is 5.71 Å². The van der Waals surface area contributed by atoms with Crippen LogP contribution in [0.1, 0.15) is 27.2 Å². The van der Waals surface area contributed by atoms with Crippen LogP contribution in [0.3, 0.4) is 0 Å². The first-order valence-electron chi connectivity index (χ1n) is 2.82. The van der Waals surface area contributed by atoms with Gasteiger partial charge in [-0.05, 0) is 20.8 Å². The average molecular weight is 194 g/mol. The van der Waals surface area contributed by atoms with Crippen LogP contribution in [0.4, 0.5) is 0 Å². The number of rotatable bonds is 2. The summed E-state index contributed by atoms with van der Waals surface area (Å²) in [7, 11) is 0. The molecule has 0 fully saturated rings. The van der Waals surface area contributed by atoms with Crippen molar-refractivity contribution in [3.63, 3.8) is 0 Å². The lowest BCUT2D eigenvalue weighted by Crippen LogP contribution is -2.13. The predicted molar refractivity (Wildman–Crippen MR) is 42.5 cm³/mol. The van der Waals surface area contributed by atoms with E-state index in [1.165, 1.54) is 0 Å². The summed E-state index contributed by atoms with van der Waals surface area (Å²) in [5.74, 6) is 0. The maximum absolute atomic E-state index is 8.27. The Morgan fingerprint density at radius 3 is 2.22 bits per heavy atom. The van der Waals surface area contributed by atoms with Gasteiger partial charge in [-0.25, -0.2) is 0 Å². The third kappa shape index (κ3) is 5.83. The van der Waals surface area contributed by atoms with E-state index in [0.717, 1.165) is 12.1 Å². The molecule has 9 heavy (non-hydrogen) atoms. The summed E-state index contributed by atoms with van der Waals surface area (Å²) >= 11 is 3.43. The highest BCUT2D eigenvalue weighted by Gasteiger charge is 2.13. The fraction of sp³-hybridized carbons (Fsp3) is 0.833. The van der Waals surface area contributed by atoms with Crippen LogP contribution < -0.4 is 0 Å². The highest BCUT2D eigenvalue weighted by molar-refractivity contribution is 9.10. The summed E-state index contributed by atoms with van der Waals surface area (Å²) in [4.78, 5) is 0. The number of alkyl halides is 1. The summed E-state index contributed by atoms with van der Waals surface area (Å²) in [6.07, 6.45) is 0.767. The molecule has 0 spiro atoms. The molecule has 0 aliphatic heterocycles. The average Bonchev–Trinajstić information content (AvgIpc) is 1.62. The summed E-state index contributed by atoms with van der Waals surface area (Å²) < 4.78 is 0.0450. The van der Waals surface area contributed by atoms with E-state index in [4.69, 9.17) is 5.21 Å². The topological polar surface area (TPSA) is 32.6 Å². The van der Waals surface area contributed by atoms with Gasteiger partial charge in [0.2, 0.25) is 0 Å². The quantitative estimate of drug-likeness (QED) is 0.311. The van der Waals surface area contributed by atoms with Gasteiger partial charge in [-0.1, -0.05) is 21.1 Å². The molecule has 0 bridgehead atoms. The summed E-state index contributed by atoms with van der Waals surface area (Å²) in [5, 5.41) is 11.3. The molecule has 0 aliphatic carbocycles. The van der Waals surface area contributed by atoms with E-state index in [9.17, 15) is 0 Å². The Kier molecular flexibility index (Phi) is 3.18. The molecule has 3 heteroatoms. The Morgan fingerprint density at radius 2 is 2.11 bits per heavy atom. The van der Waals surface area contributed by atoms with Crippen molar-refractivity contribution < 1.29 is 5.21 Å². The first-order chi connectivity index (χ1) is 3.95. The van der Waals surface area contributed by atoms with E-state index in [1.807, 2.05) is 13.8 Å². The van der Waals surface area contributed by atoms with Crippen LogP contribution in [0.5, 0.6) is 0 Å². The van der Waals surface area contributed by atoms with Crippen molar-refractivity contribution in [3.8, 4) is 0 Å². The number of halogens is 1. The molecule has 0 amide bonds.